The molecule has 0 aromatic heterocycles. The van der Waals surface area contributed by atoms with Crippen molar-refractivity contribution < 1.29 is 17.6 Å². The Morgan fingerprint density at radius 3 is 2.43 bits per heavy atom. The van der Waals surface area contributed by atoms with Crippen molar-refractivity contribution in [2.75, 3.05) is 17.1 Å². The monoisotopic (exact) mass is 432 g/mol. The minimum Gasteiger partial charge on any atom is -0.350 e. The summed E-state index contributed by atoms with van der Waals surface area (Å²) in [7, 11) is -3.52. The zero-order valence-electron chi connectivity index (χ0n) is 17.5. The number of benzene rings is 2. The van der Waals surface area contributed by atoms with Crippen LogP contribution in [0.3, 0.4) is 0 Å². The molecule has 1 amide bonds. The molecule has 0 aliphatic heterocycles. The lowest BCUT2D eigenvalue weighted by atomic mass is 9.89. The summed E-state index contributed by atoms with van der Waals surface area (Å²) in [5.74, 6) is -0.546. The number of carbonyl (C=O) groups excluding carboxylic acids is 1. The van der Waals surface area contributed by atoms with Crippen molar-refractivity contribution in [1.82, 2.24) is 5.32 Å². The van der Waals surface area contributed by atoms with Crippen LogP contribution in [0.5, 0.6) is 0 Å². The molecule has 2 aromatic rings. The number of fused-ring (bicyclic) bond motifs is 1. The second-order valence-corrected chi connectivity index (χ2v) is 9.85. The first-order valence-electron chi connectivity index (χ1n) is 10.4. The summed E-state index contributed by atoms with van der Waals surface area (Å²) in [5, 5.41) is 3.01. The van der Waals surface area contributed by atoms with Crippen molar-refractivity contribution in [3.05, 3.63) is 65.0 Å². The van der Waals surface area contributed by atoms with E-state index in [-0.39, 0.29) is 24.9 Å². The van der Waals surface area contributed by atoms with Crippen molar-refractivity contribution in [1.29, 1.82) is 0 Å². The third-order valence-corrected chi connectivity index (χ3v) is 6.72. The van der Waals surface area contributed by atoms with Crippen LogP contribution in [0.4, 0.5) is 10.1 Å². The van der Waals surface area contributed by atoms with Crippen LogP contribution >= 0.6 is 0 Å². The summed E-state index contributed by atoms with van der Waals surface area (Å²) < 4.78 is 38.5. The molecule has 5 nitrogen and oxygen atoms in total. The lowest BCUT2D eigenvalue weighted by molar-refractivity contribution is -0.121. The topological polar surface area (TPSA) is 66.5 Å². The Hall–Kier alpha value is -2.41. The van der Waals surface area contributed by atoms with Crippen LogP contribution in [0.25, 0.3) is 0 Å². The van der Waals surface area contributed by atoms with Crippen molar-refractivity contribution >= 4 is 21.6 Å². The Bertz CT molecular complexity index is 990. The van der Waals surface area contributed by atoms with E-state index in [1.807, 2.05) is 6.92 Å². The van der Waals surface area contributed by atoms with Gasteiger partial charge in [-0.25, -0.2) is 12.8 Å². The van der Waals surface area contributed by atoms with Gasteiger partial charge in [-0.2, -0.15) is 0 Å². The lowest BCUT2D eigenvalue weighted by Gasteiger charge is -2.23. The van der Waals surface area contributed by atoms with Crippen LogP contribution in [0.2, 0.25) is 0 Å². The molecule has 1 aliphatic carbocycles. The molecule has 1 aliphatic rings. The number of sulfonamides is 1. The Balaban J connectivity index is 1.55. The maximum atomic E-state index is 13.1. The van der Waals surface area contributed by atoms with Gasteiger partial charge in [0, 0.05) is 13.0 Å². The first-order chi connectivity index (χ1) is 14.2. The standard InChI is InChI=1S/C23H29FN2O3S/c1-17(19-10-9-18-6-3-4-7-20(18)16-19)25-23(27)8-5-15-26(30(2,28)29)22-13-11-21(24)12-14-22/h9-14,16-17H,3-8,15H2,1-2H3,(H,25,27). The van der Waals surface area contributed by atoms with E-state index in [0.717, 1.165) is 24.7 Å². The fourth-order valence-electron chi connectivity index (χ4n) is 3.90. The number of hydrogen-bond donors (Lipinski definition) is 1. The lowest BCUT2D eigenvalue weighted by Crippen LogP contribution is -2.32. The number of aryl methyl sites for hydroxylation is 2. The van der Waals surface area contributed by atoms with Crippen LogP contribution < -0.4 is 9.62 Å². The van der Waals surface area contributed by atoms with Crippen molar-refractivity contribution in [3.63, 3.8) is 0 Å². The molecule has 7 heteroatoms. The highest BCUT2D eigenvalue weighted by Gasteiger charge is 2.18. The van der Waals surface area contributed by atoms with Gasteiger partial charge < -0.3 is 5.32 Å². The second-order valence-electron chi connectivity index (χ2n) is 7.94. The largest absolute Gasteiger partial charge is 0.350 e. The Morgan fingerprint density at radius 1 is 1.10 bits per heavy atom. The summed E-state index contributed by atoms with van der Waals surface area (Å²) in [5.41, 5.74) is 4.27. The average Bonchev–Trinajstić information content (AvgIpc) is 2.71. The molecule has 1 N–H and O–H groups in total. The van der Waals surface area contributed by atoms with E-state index in [4.69, 9.17) is 0 Å². The molecule has 2 aromatic carbocycles. The van der Waals surface area contributed by atoms with Crippen LogP contribution in [-0.4, -0.2) is 27.1 Å². The van der Waals surface area contributed by atoms with Gasteiger partial charge in [0.2, 0.25) is 15.9 Å². The van der Waals surface area contributed by atoms with E-state index in [0.29, 0.717) is 12.1 Å². The average molecular weight is 433 g/mol. The summed E-state index contributed by atoms with van der Waals surface area (Å²) in [4.78, 5) is 12.4. The van der Waals surface area contributed by atoms with Gasteiger partial charge >= 0.3 is 0 Å². The number of carbonyl (C=O) groups is 1. The van der Waals surface area contributed by atoms with Crippen molar-refractivity contribution in [3.8, 4) is 0 Å². The molecular weight excluding hydrogens is 403 g/mol. The molecule has 1 atom stereocenters. The molecule has 0 fully saturated rings. The van der Waals surface area contributed by atoms with E-state index in [1.54, 1.807) is 0 Å². The minimum absolute atomic E-state index is 0.104. The SMILES string of the molecule is CC(NC(=O)CCCN(c1ccc(F)cc1)S(C)(=O)=O)c1ccc2c(c1)CCCC2. The van der Waals surface area contributed by atoms with Gasteiger partial charge in [0.05, 0.1) is 18.0 Å². The summed E-state index contributed by atoms with van der Waals surface area (Å²) in [6.07, 6.45) is 6.35. The van der Waals surface area contributed by atoms with Crippen LogP contribution in [0.15, 0.2) is 42.5 Å². The normalized spacial score (nSPS) is 14.6. The molecule has 0 spiro atoms. The molecule has 1 unspecified atom stereocenters. The molecule has 162 valence electrons. The summed E-state index contributed by atoms with van der Waals surface area (Å²) in [6, 6.07) is 11.6. The maximum Gasteiger partial charge on any atom is 0.232 e. The van der Waals surface area contributed by atoms with Crippen LogP contribution in [0, 0.1) is 5.82 Å². The zero-order chi connectivity index (χ0) is 21.7. The van der Waals surface area contributed by atoms with Gasteiger partial charge in [-0.15, -0.1) is 0 Å². The number of halogens is 1. The zero-order valence-corrected chi connectivity index (χ0v) is 18.3. The highest BCUT2D eigenvalue weighted by molar-refractivity contribution is 7.92. The highest BCUT2D eigenvalue weighted by atomic mass is 32.2. The predicted octanol–water partition coefficient (Wildman–Crippen LogP) is 4.13. The quantitative estimate of drug-likeness (QED) is 0.682. The Kier molecular flexibility index (Phi) is 7.13. The number of amides is 1. The first-order valence-corrected chi connectivity index (χ1v) is 12.2. The van der Waals surface area contributed by atoms with Gasteiger partial charge in [-0.3, -0.25) is 9.10 Å². The van der Waals surface area contributed by atoms with Gasteiger partial charge in [0.25, 0.3) is 0 Å². The smallest absolute Gasteiger partial charge is 0.232 e. The highest BCUT2D eigenvalue weighted by Crippen LogP contribution is 2.25. The number of hydrogen-bond acceptors (Lipinski definition) is 3. The number of rotatable bonds is 8. The predicted molar refractivity (Wildman–Crippen MR) is 117 cm³/mol. The molecule has 0 radical (unpaired) electrons. The summed E-state index contributed by atoms with van der Waals surface area (Å²) >= 11 is 0. The van der Waals surface area contributed by atoms with Crippen molar-refractivity contribution in [2.24, 2.45) is 0 Å². The first kappa shape index (κ1) is 22.3. The number of nitrogens with one attached hydrogen (secondary N) is 1. The van der Waals surface area contributed by atoms with Crippen LogP contribution in [-0.2, 0) is 27.7 Å². The maximum absolute atomic E-state index is 13.1. The van der Waals surface area contributed by atoms with E-state index in [2.05, 4.69) is 23.5 Å². The molecule has 0 bridgehead atoms. The molecular formula is C23H29FN2O3S. The fourth-order valence-corrected chi connectivity index (χ4v) is 4.86. The Labute approximate surface area is 178 Å². The Morgan fingerprint density at radius 2 is 1.77 bits per heavy atom. The van der Waals surface area contributed by atoms with E-state index in [9.17, 15) is 17.6 Å². The van der Waals surface area contributed by atoms with Crippen LogP contribution in [0.1, 0.15) is 55.3 Å². The van der Waals surface area contributed by atoms with E-state index < -0.39 is 15.8 Å². The molecule has 0 saturated carbocycles. The van der Waals surface area contributed by atoms with E-state index >= 15 is 0 Å². The molecule has 30 heavy (non-hydrogen) atoms. The molecule has 0 heterocycles. The number of nitrogens with zero attached hydrogens (tertiary/aromatic N) is 1. The van der Waals surface area contributed by atoms with Gasteiger partial charge in [-0.05, 0) is 80.0 Å². The molecule has 0 saturated heterocycles. The third-order valence-electron chi connectivity index (χ3n) is 5.53. The molecule has 3 rings (SSSR count). The second kappa shape index (κ2) is 9.60. The minimum atomic E-state index is -3.52. The summed E-state index contributed by atoms with van der Waals surface area (Å²) in [6.45, 7) is 2.12. The van der Waals surface area contributed by atoms with Gasteiger partial charge in [0.1, 0.15) is 5.82 Å². The van der Waals surface area contributed by atoms with Gasteiger partial charge in [-0.1, -0.05) is 18.2 Å². The van der Waals surface area contributed by atoms with E-state index in [1.165, 1.54) is 52.5 Å². The van der Waals surface area contributed by atoms with Gasteiger partial charge in [0.15, 0.2) is 0 Å². The third kappa shape index (κ3) is 5.81. The van der Waals surface area contributed by atoms with Crippen molar-refractivity contribution in [2.45, 2.75) is 51.5 Å². The fraction of sp³-hybridized carbons (Fsp3) is 0.435. The number of anilines is 1.